The SMILES string of the molecule is O=C(CCNC(=O)c1ccc2ccccc2c1)NCc1cccc(C(=O)Nc2ccccc2)c1. The van der Waals surface area contributed by atoms with E-state index >= 15 is 0 Å². The third-order valence-electron chi connectivity index (χ3n) is 5.36. The summed E-state index contributed by atoms with van der Waals surface area (Å²) in [5.74, 6) is -0.607. The molecule has 0 bridgehead atoms. The summed E-state index contributed by atoms with van der Waals surface area (Å²) in [7, 11) is 0. The second-order valence-corrected chi connectivity index (χ2v) is 7.87. The Morgan fingerprint density at radius 3 is 2.18 bits per heavy atom. The lowest BCUT2D eigenvalue weighted by Crippen LogP contribution is -2.30. The van der Waals surface area contributed by atoms with Crippen LogP contribution in [0.2, 0.25) is 0 Å². The standard InChI is InChI=1S/C28H25N3O3/c32-26(15-16-29-27(33)24-14-13-21-8-4-5-9-22(21)18-24)30-19-20-7-6-10-23(17-20)28(34)31-25-11-2-1-3-12-25/h1-14,17-18H,15-16,19H2,(H,29,33)(H,30,32)(H,31,34). The molecule has 0 aliphatic rings. The van der Waals surface area contributed by atoms with E-state index in [0.29, 0.717) is 17.7 Å². The molecule has 0 aliphatic carbocycles. The molecule has 0 saturated heterocycles. The van der Waals surface area contributed by atoms with E-state index in [4.69, 9.17) is 0 Å². The highest BCUT2D eigenvalue weighted by Gasteiger charge is 2.09. The van der Waals surface area contributed by atoms with E-state index in [9.17, 15) is 14.4 Å². The van der Waals surface area contributed by atoms with Gasteiger partial charge in [0.15, 0.2) is 0 Å². The van der Waals surface area contributed by atoms with Crippen molar-refractivity contribution in [3.8, 4) is 0 Å². The molecule has 4 aromatic carbocycles. The van der Waals surface area contributed by atoms with Crippen molar-refractivity contribution in [2.24, 2.45) is 0 Å². The van der Waals surface area contributed by atoms with Crippen molar-refractivity contribution in [3.63, 3.8) is 0 Å². The molecule has 3 N–H and O–H groups in total. The molecule has 0 heterocycles. The van der Waals surface area contributed by atoms with Gasteiger partial charge in [0.25, 0.3) is 11.8 Å². The Hall–Kier alpha value is -4.45. The first-order valence-corrected chi connectivity index (χ1v) is 11.1. The molecule has 170 valence electrons. The maximum absolute atomic E-state index is 12.5. The number of anilines is 1. The predicted octanol–water partition coefficient (Wildman–Crippen LogP) is 4.53. The number of amides is 3. The van der Waals surface area contributed by atoms with Gasteiger partial charge in [0.2, 0.25) is 5.91 Å². The topological polar surface area (TPSA) is 87.3 Å². The normalized spacial score (nSPS) is 10.5. The van der Waals surface area contributed by atoms with E-state index in [2.05, 4.69) is 16.0 Å². The molecule has 6 nitrogen and oxygen atoms in total. The van der Waals surface area contributed by atoms with E-state index in [1.165, 1.54) is 0 Å². The van der Waals surface area contributed by atoms with Gasteiger partial charge in [-0.3, -0.25) is 14.4 Å². The zero-order valence-electron chi connectivity index (χ0n) is 18.6. The molecular weight excluding hydrogens is 426 g/mol. The Morgan fingerprint density at radius 2 is 1.35 bits per heavy atom. The molecule has 34 heavy (non-hydrogen) atoms. The molecule has 0 fully saturated rings. The summed E-state index contributed by atoms with van der Waals surface area (Å²) < 4.78 is 0. The average Bonchev–Trinajstić information content (AvgIpc) is 2.88. The first kappa shape index (κ1) is 22.7. The van der Waals surface area contributed by atoms with Gasteiger partial charge in [0.1, 0.15) is 0 Å². The Labute approximate surface area is 198 Å². The van der Waals surface area contributed by atoms with Crippen LogP contribution >= 0.6 is 0 Å². The van der Waals surface area contributed by atoms with Gasteiger partial charge in [-0.05, 0) is 52.7 Å². The van der Waals surface area contributed by atoms with E-state index < -0.39 is 0 Å². The van der Waals surface area contributed by atoms with Crippen LogP contribution in [0.25, 0.3) is 10.8 Å². The Bertz CT molecular complexity index is 1320. The fraction of sp³-hybridized carbons (Fsp3) is 0.107. The third-order valence-corrected chi connectivity index (χ3v) is 5.36. The minimum atomic E-state index is -0.212. The van der Waals surface area contributed by atoms with Crippen LogP contribution in [-0.2, 0) is 11.3 Å². The second kappa shape index (κ2) is 10.9. The van der Waals surface area contributed by atoms with Crippen molar-refractivity contribution in [2.45, 2.75) is 13.0 Å². The van der Waals surface area contributed by atoms with Crippen LogP contribution in [0.4, 0.5) is 5.69 Å². The number of nitrogens with one attached hydrogen (secondary N) is 3. The summed E-state index contributed by atoms with van der Waals surface area (Å²) in [6.07, 6.45) is 0.160. The molecule has 0 spiro atoms. The van der Waals surface area contributed by atoms with Gasteiger partial charge in [-0.25, -0.2) is 0 Å². The van der Waals surface area contributed by atoms with Gasteiger partial charge in [-0.1, -0.05) is 60.7 Å². The van der Waals surface area contributed by atoms with E-state index in [0.717, 1.165) is 22.0 Å². The largest absolute Gasteiger partial charge is 0.352 e. The lowest BCUT2D eigenvalue weighted by atomic mass is 10.1. The molecule has 4 aromatic rings. The van der Waals surface area contributed by atoms with Crippen LogP contribution in [0.5, 0.6) is 0 Å². The first-order valence-electron chi connectivity index (χ1n) is 11.1. The molecule has 0 radical (unpaired) electrons. The van der Waals surface area contributed by atoms with Crippen LogP contribution in [0.15, 0.2) is 97.1 Å². The number of hydrogen-bond donors (Lipinski definition) is 3. The number of carbonyl (C=O) groups excluding carboxylic acids is 3. The summed E-state index contributed by atoms with van der Waals surface area (Å²) in [4.78, 5) is 37.1. The highest BCUT2D eigenvalue weighted by atomic mass is 16.2. The lowest BCUT2D eigenvalue weighted by molar-refractivity contribution is -0.121. The van der Waals surface area contributed by atoms with Crippen LogP contribution in [0.3, 0.4) is 0 Å². The number of rotatable bonds is 8. The fourth-order valence-corrected chi connectivity index (χ4v) is 3.56. The molecule has 4 rings (SSSR count). The van der Waals surface area contributed by atoms with E-state index in [1.807, 2.05) is 72.8 Å². The maximum Gasteiger partial charge on any atom is 0.255 e. The molecule has 6 heteroatoms. The van der Waals surface area contributed by atoms with Crippen molar-refractivity contribution in [3.05, 3.63) is 114 Å². The predicted molar refractivity (Wildman–Crippen MR) is 134 cm³/mol. The minimum absolute atomic E-state index is 0.160. The van der Waals surface area contributed by atoms with Crippen molar-refractivity contribution in [2.75, 3.05) is 11.9 Å². The van der Waals surface area contributed by atoms with Crippen molar-refractivity contribution in [1.29, 1.82) is 0 Å². The van der Waals surface area contributed by atoms with Gasteiger partial charge in [-0.2, -0.15) is 0 Å². The number of benzene rings is 4. The number of hydrogen-bond acceptors (Lipinski definition) is 3. The quantitative estimate of drug-likeness (QED) is 0.368. The fourth-order valence-electron chi connectivity index (χ4n) is 3.56. The van der Waals surface area contributed by atoms with Crippen LogP contribution in [0, 0.1) is 0 Å². The smallest absolute Gasteiger partial charge is 0.255 e. The van der Waals surface area contributed by atoms with Crippen LogP contribution < -0.4 is 16.0 Å². The molecule has 3 amide bonds. The molecule has 0 atom stereocenters. The highest BCUT2D eigenvalue weighted by molar-refractivity contribution is 6.04. The van der Waals surface area contributed by atoms with E-state index in [1.54, 1.807) is 24.3 Å². The summed E-state index contributed by atoms with van der Waals surface area (Å²) in [6, 6.07) is 29.7. The zero-order valence-corrected chi connectivity index (χ0v) is 18.6. The summed E-state index contributed by atoms with van der Waals surface area (Å²) in [5, 5.41) is 10.5. The average molecular weight is 452 g/mol. The number of carbonyl (C=O) groups is 3. The van der Waals surface area contributed by atoms with Crippen LogP contribution in [0.1, 0.15) is 32.7 Å². The highest BCUT2D eigenvalue weighted by Crippen LogP contribution is 2.15. The van der Waals surface area contributed by atoms with E-state index in [-0.39, 0.29) is 30.7 Å². The number of fused-ring (bicyclic) bond motifs is 1. The van der Waals surface area contributed by atoms with Crippen molar-refractivity contribution < 1.29 is 14.4 Å². The summed E-state index contributed by atoms with van der Waals surface area (Å²) in [6.45, 7) is 0.529. The lowest BCUT2D eigenvalue weighted by Gasteiger charge is -2.09. The minimum Gasteiger partial charge on any atom is -0.352 e. The second-order valence-electron chi connectivity index (χ2n) is 7.87. The van der Waals surface area contributed by atoms with Crippen molar-refractivity contribution in [1.82, 2.24) is 10.6 Å². The molecule has 0 saturated carbocycles. The zero-order chi connectivity index (χ0) is 23.8. The molecular formula is C28H25N3O3. The number of para-hydroxylation sites is 1. The molecule has 0 aromatic heterocycles. The summed E-state index contributed by atoms with van der Waals surface area (Å²) in [5.41, 5.74) is 2.61. The molecule has 0 aliphatic heterocycles. The molecule has 0 unspecified atom stereocenters. The third kappa shape index (κ3) is 6.07. The Morgan fingerprint density at radius 1 is 0.618 bits per heavy atom. The Kier molecular flexibility index (Phi) is 7.30. The first-order chi connectivity index (χ1) is 16.6. The monoisotopic (exact) mass is 451 g/mol. The summed E-state index contributed by atoms with van der Waals surface area (Å²) >= 11 is 0. The van der Waals surface area contributed by atoms with Gasteiger partial charge in [-0.15, -0.1) is 0 Å². The van der Waals surface area contributed by atoms with Crippen LogP contribution in [-0.4, -0.2) is 24.3 Å². The van der Waals surface area contributed by atoms with Gasteiger partial charge in [0, 0.05) is 36.3 Å². The van der Waals surface area contributed by atoms with Gasteiger partial charge < -0.3 is 16.0 Å². The van der Waals surface area contributed by atoms with Gasteiger partial charge in [0.05, 0.1) is 0 Å². The van der Waals surface area contributed by atoms with Crippen molar-refractivity contribution >= 4 is 34.2 Å². The van der Waals surface area contributed by atoms with Gasteiger partial charge >= 0.3 is 0 Å². The maximum atomic E-state index is 12.5. The Balaban J connectivity index is 1.23.